The second kappa shape index (κ2) is 6.70. The Hall–Kier alpha value is -2.21. The van der Waals surface area contributed by atoms with Gasteiger partial charge in [-0.3, -0.25) is 4.90 Å². The minimum absolute atomic E-state index is 0.684. The molecule has 1 aromatic heterocycles. The SMILES string of the molecule is Cc1ccc(C)c(OCCN2CCC=C(c3nn[nH]n3)C2)c1. The summed E-state index contributed by atoms with van der Waals surface area (Å²) in [7, 11) is 0. The molecule has 0 atom stereocenters. The van der Waals surface area contributed by atoms with Crippen molar-refractivity contribution in [2.24, 2.45) is 0 Å². The maximum atomic E-state index is 5.94. The molecule has 0 saturated heterocycles. The Balaban J connectivity index is 1.52. The van der Waals surface area contributed by atoms with Gasteiger partial charge in [-0.05, 0) is 42.7 Å². The third kappa shape index (κ3) is 3.51. The molecular formula is C16H21N5O. The quantitative estimate of drug-likeness (QED) is 0.914. The summed E-state index contributed by atoms with van der Waals surface area (Å²) in [5, 5.41) is 14.2. The zero-order valence-corrected chi connectivity index (χ0v) is 13.0. The van der Waals surface area contributed by atoms with Gasteiger partial charge in [-0.25, -0.2) is 0 Å². The van der Waals surface area contributed by atoms with Gasteiger partial charge >= 0.3 is 0 Å². The monoisotopic (exact) mass is 299 g/mol. The Morgan fingerprint density at radius 3 is 3.05 bits per heavy atom. The molecule has 3 rings (SSSR count). The minimum Gasteiger partial charge on any atom is -0.492 e. The van der Waals surface area contributed by atoms with Crippen molar-refractivity contribution in [1.29, 1.82) is 0 Å². The van der Waals surface area contributed by atoms with E-state index < -0.39 is 0 Å². The first-order valence-electron chi connectivity index (χ1n) is 7.57. The first kappa shape index (κ1) is 14.7. The molecule has 1 N–H and O–H groups in total. The average Bonchev–Trinajstić information content (AvgIpc) is 3.05. The number of nitrogens with zero attached hydrogens (tertiary/aromatic N) is 4. The first-order valence-corrected chi connectivity index (χ1v) is 7.57. The van der Waals surface area contributed by atoms with Gasteiger partial charge in [0, 0.05) is 25.2 Å². The number of nitrogens with one attached hydrogen (secondary N) is 1. The lowest BCUT2D eigenvalue weighted by Crippen LogP contribution is -2.33. The fourth-order valence-electron chi connectivity index (χ4n) is 2.60. The van der Waals surface area contributed by atoms with E-state index in [0.717, 1.165) is 37.4 Å². The highest BCUT2D eigenvalue weighted by atomic mass is 16.5. The Bertz CT molecular complexity index is 651. The summed E-state index contributed by atoms with van der Waals surface area (Å²) in [6.45, 7) is 7.62. The van der Waals surface area contributed by atoms with Crippen LogP contribution in [0.5, 0.6) is 5.75 Å². The first-order chi connectivity index (χ1) is 10.7. The molecule has 0 bridgehead atoms. The molecule has 1 aliphatic rings. The fourth-order valence-corrected chi connectivity index (χ4v) is 2.60. The summed E-state index contributed by atoms with van der Waals surface area (Å²) in [5.41, 5.74) is 3.53. The van der Waals surface area contributed by atoms with Gasteiger partial charge < -0.3 is 4.74 Å². The van der Waals surface area contributed by atoms with Crippen LogP contribution in [0.1, 0.15) is 23.4 Å². The lowest BCUT2D eigenvalue weighted by Gasteiger charge is -2.26. The number of aromatic amines is 1. The molecule has 0 saturated carbocycles. The van der Waals surface area contributed by atoms with E-state index >= 15 is 0 Å². The number of hydrogen-bond acceptors (Lipinski definition) is 5. The largest absolute Gasteiger partial charge is 0.492 e. The maximum Gasteiger partial charge on any atom is 0.201 e. The summed E-state index contributed by atoms with van der Waals surface area (Å²) in [5.74, 6) is 1.67. The van der Waals surface area contributed by atoms with Crippen LogP contribution in [-0.4, -0.2) is 51.8 Å². The van der Waals surface area contributed by atoms with E-state index in [1.807, 2.05) is 0 Å². The summed E-state index contributed by atoms with van der Waals surface area (Å²) >= 11 is 0. The molecule has 1 aliphatic heterocycles. The molecule has 2 heterocycles. The van der Waals surface area contributed by atoms with Crippen LogP contribution in [0.25, 0.3) is 5.57 Å². The van der Waals surface area contributed by atoms with Crippen LogP contribution in [-0.2, 0) is 0 Å². The van der Waals surface area contributed by atoms with E-state index in [0.29, 0.717) is 12.4 Å². The smallest absolute Gasteiger partial charge is 0.201 e. The Kier molecular flexibility index (Phi) is 4.48. The highest BCUT2D eigenvalue weighted by Gasteiger charge is 2.16. The lowest BCUT2D eigenvalue weighted by molar-refractivity contribution is 0.222. The fraction of sp³-hybridized carbons (Fsp3) is 0.438. The van der Waals surface area contributed by atoms with E-state index in [1.54, 1.807) is 0 Å². The standard InChI is InChI=1S/C16H21N5O/c1-12-5-6-13(2)15(10-12)22-9-8-21-7-3-4-14(11-21)16-17-19-20-18-16/h4-6,10H,3,7-9,11H2,1-2H3,(H,17,18,19,20). The molecule has 0 fully saturated rings. The van der Waals surface area contributed by atoms with Crippen molar-refractivity contribution in [1.82, 2.24) is 25.5 Å². The predicted octanol–water partition coefficient (Wildman–Crippen LogP) is 1.98. The van der Waals surface area contributed by atoms with E-state index in [2.05, 4.69) is 63.6 Å². The van der Waals surface area contributed by atoms with Crippen LogP contribution in [0.15, 0.2) is 24.3 Å². The zero-order valence-electron chi connectivity index (χ0n) is 13.0. The van der Waals surface area contributed by atoms with Crippen LogP contribution >= 0.6 is 0 Å². The number of ether oxygens (including phenoxy) is 1. The van der Waals surface area contributed by atoms with Crippen molar-refractivity contribution in [2.75, 3.05) is 26.2 Å². The second-order valence-electron chi connectivity index (χ2n) is 5.65. The van der Waals surface area contributed by atoms with Crippen LogP contribution in [0.2, 0.25) is 0 Å². The zero-order chi connectivity index (χ0) is 15.4. The van der Waals surface area contributed by atoms with Crippen molar-refractivity contribution in [3.05, 3.63) is 41.2 Å². The van der Waals surface area contributed by atoms with Gasteiger partial charge in [0.25, 0.3) is 0 Å². The Morgan fingerprint density at radius 2 is 2.23 bits per heavy atom. The Labute approximate surface area is 130 Å². The molecule has 22 heavy (non-hydrogen) atoms. The number of tetrazole rings is 1. The predicted molar refractivity (Wildman–Crippen MR) is 84.6 cm³/mol. The van der Waals surface area contributed by atoms with Gasteiger partial charge in [0.05, 0.1) is 0 Å². The maximum absolute atomic E-state index is 5.94. The van der Waals surface area contributed by atoms with Crippen LogP contribution < -0.4 is 4.74 Å². The van der Waals surface area contributed by atoms with Crippen molar-refractivity contribution >= 4 is 5.57 Å². The number of aromatic nitrogens is 4. The van der Waals surface area contributed by atoms with Crippen LogP contribution in [0, 0.1) is 13.8 Å². The molecule has 6 heteroatoms. The average molecular weight is 299 g/mol. The molecule has 1 aromatic carbocycles. The number of H-pyrrole nitrogens is 1. The van der Waals surface area contributed by atoms with Crippen LogP contribution in [0.3, 0.4) is 0 Å². The molecule has 0 amide bonds. The highest BCUT2D eigenvalue weighted by molar-refractivity contribution is 5.61. The second-order valence-corrected chi connectivity index (χ2v) is 5.65. The van der Waals surface area contributed by atoms with Crippen molar-refractivity contribution in [3.8, 4) is 5.75 Å². The van der Waals surface area contributed by atoms with Gasteiger partial charge in [0.2, 0.25) is 5.82 Å². The third-order valence-electron chi connectivity index (χ3n) is 3.87. The number of benzene rings is 1. The highest BCUT2D eigenvalue weighted by Crippen LogP contribution is 2.20. The van der Waals surface area contributed by atoms with Crippen molar-refractivity contribution in [2.45, 2.75) is 20.3 Å². The summed E-state index contributed by atoms with van der Waals surface area (Å²) in [6, 6.07) is 6.30. The van der Waals surface area contributed by atoms with Gasteiger partial charge in [0.1, 0.15) is 12.4 Å². The van der Waals surface area contributed by atoms with E-state index in [-0.39, 0.29) is 0 Å². The van der Waals surface area contributed by atoms with E-state index in [4.69, 9.17) is 4.74 Å². The molecule has 6 nitrogen and oxygen atoms in total. The Morgan fingerprint density at radius 1 is 1.32 bits per heavy atom. The minimum atomic E-state index is 0.684. The van der Waals surface area contributed by atoms with Gasteiger partial charge in [-0.15, -0.1) is 10.2 Å². The molecule has 2 aromatic rings. The number of rotatable bonds is 5. The molecule has 0 spiro atoms. The lowest BCUT2D eigenvalue weighted by atomic mass is 10.1. The van der Waals surface area contributed by atoms with Gasteiger partial charge in [-0.1, -0.05) is 18.2 Å². The van der Waals surface area contributed by atoms with E-state index in [9.17, 15) is 0 Å². The molecule has 0 aliphatic carbocycles. The molecule has 0 radical (unpaired) electrons. The van der Waals surface area contributed by atoms with Gasteiger partial charge in [0.15, 0.2) is 0 Å². The topological polar surface area (TPSA) is 66.9 Å². The summed E-state index contributed by atoms with van der Waals surface area (Å²) < 4.78 is 5.94. The number of aryl methyl sites for hydroxylation is 2. The number of hydrogen-bond donors (Lipinski definition) is 1. The normalized spacial score (nSPS) is 15.6. The van der Waals surface area contributed by atoms with Crippen molar-refractivity contribution < 1.29 is 4.74 Å². The summed E-state index contributed by atoms with van der Waals surface area (Å²) in [4.78, 5) is 2.36. The van der Waals surface area contributed by atoms with Crippen molar-refractivity contribution in [3.63, 3.8) is 0 Å². The third-order valence-corrected chi connectivity index (χ3v) is 3.87. The molecule has 0 unspecified atom stereocenters. The van der Waals surface area contributed by atoms with Crippen LogP contribution in [0.4, 0.5) is 0 Å². The van der Waals surface area contributed by atoms with E-state index in [1.165, 1.54) is 11.1 Å². The van der Waals surface area contributed by atoms with Gasteiger partial charge in [-0.2, -0.15) is 5.21 Å². The molecular weight excluding hydrogens is 278 g/mol. The summed E-state index contributed by atoms with van der Waals surface area (Å²) in [6.07, 6.45) is 3.19. The molecule has 116 valence electrons.